The van der Waals surface area contributed by atoms with Crippen LogP contribution < -0.4 is 15.4 Å². The first kappa shape index (κ1) is 20.8. The molecule has 0 aliphatic carbocycles. The third-order valence-corrected chi connectivity index (χ3v) is 5.06. The lowest BCUT2D eigenvalue weighted by Gasteiger charge is -2.34. The lowest BCUT2D eigenvalue weighted by molar-refractivity contribution is -0.117. The average molecular weight is 396 g/mol. The molecule has 2 aromatic rings. The van der Waals surface area contributed by atoms with E-state index >= 15 is 0 Å². The molecule has 2 aromatic carbocycles. The lowest BCUT2D eigenvalue weighted by Crippen LogP contribution is -2.48. The standard InChI is InChI=1S/C22H28N4O3/c1-23-22(28)18-5-7-19(8-6-18)24-21(27)16-26-13-11-25(12-14-26)15-17-3-9-20(29-2)10-4-17/h3-10H,11-16H2,1-2H3,(H,23,28)(H,24,27). The molecular weight excluding hydrogens is 368 g/mol. The van der Waals surface area contributed by atoms with Crippen LogP contribution in [0.3, 0.4) is 0 Å². The van der Waals surface area contributed by atoms with Crippen LogP contribution in [-0.2, 0) is 11.3 Å². The molecule has 7 heteroatoms. The van der Waals surface area contributed by atoms with Crippen LogP contribution in [0, 0.1) is 0 Å². The van der Waals surface area contributed by atoms with Crippen LogP contribution in [-0.4, -0.2) is 68.5 Å². The molecule has 154 valence electrons. The second-order valence-corrected chi connectivity index (χ2v) is 7.11. The van der Waals surface area contributed by atoms with Crippen molar-refractivity contribution in [1.82, 2.24) is 15.1 Å². The van der Waals surface area contributed by atoms with E-state index in [0.717, 1.165) is 38.5 Å². The fraction of sp³-hybridized carbons (Fsp3) is 0.364. The average Bonchev–Trinajstić information content (AvgIpc) is 2.75. The van der Waals surface area contributed by atoms with Crippen LogP contribution in [0.2, 0.25) is 0 Å². The number of anilines is 1. The van der Waals surface area contributed by atoms with Gasteiger partial charge in [-0.1, -0.05) is 12.1 Å². The van der Waals surface area contributed by atoms with Gasteiger partial charge in [0.15, 0.2) is 0 Å². The highest BCUT2D eigenvalue weighted by molar-refractivity contribution is 5.96. The zero-order valence-corrected chi connectivity index (χ0v) is 17.0. The normalized spacial score (nSPS) is 15.0. The molecule has 2 amide bonds. The summed E-state index contributed by atoms with van der Waals surface area (Å²) in [5.41, 5.74) is 2.52. The number of carbonyl (C=O) groups is 2. The monoisotopic (exact) mass is 396 g/mol. The van der Waals surface area contributed by atoms with Crippen molar-refractivity contribution in [3.8, 4) is 5.75 Å². The van der Waals surface area contributed by atoms with Crippen LogP contribution >= 0.6 is 0 Å². The quantitative estimate of drug-likeness (QED) is 0.747. The van der Waals surface area contributed by atoms with Crippen molar-refractivity contribution in [2.45, 2.75) is 6.54 Å². The minimum Gasteiger partial charge on any atom is -0.497 e. The molecule has 0 unspecified atom stereocenters. The van der Waals surface area contributed by atoms with Crippen molar-refractivity contribution in [2.24, 2.45) is 0 Å². The molecule has 0 aromatic heterocycles. The summed E-state index contributed by atoms with van der Waals surface area (Å²) in [6.07, 6.45) is 0. The molecule has 3 rings (SSSR count). The van der Waals surface area contributed by atoms with Crippen molar-refractivity contribution in [3.05, 3.63) is 59.7 Å². The van der Waals surface area contributed by atoms with E-state index in [9.17, 15) is 9.59 Å². The number of methoxy groups -OCH3 is 1. The minimum atomic E-state index is -0.143. The largest absolute Gasteiger partial charge is 0.497 e. The molecule has 1 aliphatic heterocycles. The molecule has 0 bridgehead atoms. The molecule has 1 fully saturated rings. The fourth-order valence-corrected chi connectivity index (χ4v) is 3.35. The summed E-state index contributed by atoms with van der Waals surface area (Å²) in [6, 6.07) is 15.0. The van der Waals surface area contributed by atoms with E-state index in [1.165, 1.54) is 5.56 Å². The second kappa shape index (κ2) is 10.0. The van der Waals surface area contributed by atoms with Gasteiger partial charge in [0.1, 0.15) is 5.75 Å². The van der Waals surface area contributed by atoms with E-state index in [-0.39, 0.29) is 11.8 Å². The SMILES string of the molecule is CNC(=O)c1ccc(NC(=O)CN2CCN(Cc3ccc(OC)cc3)CC2)cc1. The Balaban J connectivity index is 1.41. The number of amides is 2. The zero-order valence-electron chi connectivity index (χ0n) is 17.0. The maximum absolute atomic E-state index is 12.3. The fourth-order valence-electron chi connectivity index (χ4n) is 3.35. The third-order valence-electron chi connectivity index (χ3n) is 5.06. The topological polar surface area (TPSA) is 73.9 Å². The van der Waals surface area contributed by atoms with Crippen molar-refractivity contribution >= 4 is 17.5 Å². The Hall–Kier alpha value is -2.90. The summed E-state index contributed by atoms with van der Waals surface area (Å²) in [4.78, 5) is 28.5. The van der Waals surface area contributed by atoms with Crippen molar-refractivity contribution < 1.29 is 14.3 Å². The third kappa shape index (κ3) is 6.04. The van der Waals surface area contributed by atoms with E-state index in [1.54, 1.807) is 38.4 Å². The van der Waals surface area contributed by atoms with Crippen LogP contribution in [0.1, 0.15) is 15.9 Å². The number of rotatable bonds is 7. The summed E-state index contributed by atoms with van der Waals surface area (Å²) < 4.78 is 5.20. The Morgan fingerprint density at radius 3 is 2.14 bits per heavy atom. The molecule has 1 aliphatic rings. The highest BCUT2D eigenvalue weighted by atomic mass is 16.5. The summed E-state index contributed by atoms with van der Waals surface area (Å²) in [7, 11) is 3.26. The molecule has 1 saturated heterocycles. The molecule has 0 spiro atoms. The molecule has 2 N–H and O–H groups in total. The molecule has 0 saturated carbocycles. The van der Waals surface area contributed by atoms with Crippen molar-refractivity contribution in [1.29, 1.82) is 0 Å². The number of nitrogens with zero attached hydrogens (tertiary/aromatic N) is 2. The molecule has 29 heavy (non-hydrogen) atoms. The minimum absolute atomic E-state index is 0.0405. The van der Waals surface area contributed by atoms with Gasteiger partial charge in [-0.25, -0.2) is 0 Å². The van der Waals surface area contributed by atoms with Gasteiger partial charge >= 0.3 is 0 Å². The van der Waals surface area contributed by atoms with Gasteiger partial charge in [0.05, 0.1) is 13.7 Å². The summed E-state index contributed by atoms with van der Waals surface area (Å²) in [6.45, 7) is 4.86. The smallest absolute Gasteiger partial charge is 0.251 e. The van der Waals surface area contributed by atoms with E-state index in [4.69, 9.17) is 4.74 Å². The number of piperazine rings is 1. The molecular formula is C22H28N4O3. The summed E-state index contributed by atoms with van der Waals surface area (Å²) in [5.74, 6) is 0.685. The first-order valence-electron chi connectivity index (χ1n) is 9.77. The van der Waals surface area contributed by atoms with Crippen molar-refractivity contribution in [3.63, 3.8) is 0 Å². The molecule has 7 nitrogen and oxygen atoms in total. The maximum Gasteiger partial charge on any atom is 0.251 e. The predicted molar refractivity (Wildman–Crippen MR) is 113 cm³/mol. The number of hydrogen-bond donors (Lipinski definition) is 2. The van der Waals surface area contributed by atoms with Crippen LogP contribution in [0.25, 0.3) is 0 Å². The predicted octanol–water partition coefficient (Wildman–Crippen LogP) is 1.81. The van der Waals surface area contributed by atoms with Gasteiger partial charge in [0.25, 0.3) is 5.91 Å². The molecule has 1 heterocycles. The number of benzene rings is 2. The Morgan fingerprint density at radius 1 is 0.931 bits per heavy atom. The van der Waals surface area contributed by atoms with Gasteiger partial charge in [-0.05, 0) is 42.0 Å². The number of nitrogens with one attached hydrogen (secondary N) is 2. The van der Waals surface area contributed by atoms with Crippen LogP contribution in [0.5, 0.6) is 5.75 Å². The Kier molecular flexibility index (Phi) is 7.21. The number of hydrogen-bond acceptors (Lipinski definition) is 5. The van der Waals surface area contributed by atoms with E-state index < -0.39 is 0 Å². The van der Waals surface area contributed by atoms with Crippen molar-refractivity contribution in [2.75, 3.05) is 52.2 Å². The highest BCUT2D eigenvalue weighted by Gasteiger charge is 2.19. The Bertz CT molecular complexity index is 813. The van der Waals surface area contributed by atoms with Gasteiger partial charge < -0.3 is 15.4 Å². The van der Waals surface area contributed by atoms with Gasteiger partial charge in [-0.2, -0.15) is 0 Å². The first-order chi connectivity index (χ1) is 14.1. The number of ether oxygens (including phenoxy) is 1. The first-order valence-corrected chi connectivity index (χ1v) is 9.77. The molecule has 0 radical (unpaired) electrons. The van der Waals surface area contributed by atoms with Gasteiger partial charge in [0.2, 0.25) is 5.91 Å². The highest BCUT2D eigenvalue weighted by Crippen LogP contribution is 2.14. The van der Waals surface area contributed by atoms with E-state index in [1.807, 2.05) is 12.1 Å². The molecule has 0 atom stereocenters. The number of carbonyl (C=O) groups excluding carboxylic acids is 2. The maximum atomic E-state index is 12.3. The summed E-state index contributed by atoms with van der Waals surface area (Å²) >= 11 is 0. The zero-order chi connectivity index (χ0) is 20.6. The summed E-state index contributed by atoms with van der Waals surface area (Å²) in [5, 5.41) is 5.47. The Labute approximate surface area is 171 Å². The lowest BCUT2D eigenvalue weighted by atomic mass is 10.2. The van der Waals surface area contributed by atoms with Gasteiger partial charge in [0, 0.05) is 51.0 Å². The van der Waals surface area contributed by atoms with Crippen LogP contribution in [0.4, 0.5) is 5.69 Å². The van der Waals surface area contributed by atoms with Crippen LogP contribution in [0.15, 0.2) is 48.5 Å². The van der Waals surface area contributed by atoms with Gasteiger partial charge in [-0.15, -0.1) is 0 Å². The second-order valence-electron chi connectivity index (χ2n) is 7.11. The van der Waals surface area contributed by atoms with E-state index in [2.05, 4.69) is 32.6 Å². The van der Waals surface area contributed by atoms with E-state index in [0.29, 0.717) is 17.8 Å². The Morgan fingerprint density at radius 2 is 1.55 bits per heavy atom. The van der Waals surface area contributed by atoms with Gasteiger partial charge in [-0.3, -0.25) is 19.4 Å².